The summed E-state index contributed by atoms with van der Waals surface area (Å²) < 4.78 is 0. The van der Waals surface area contributed by atoms with Gasteiger partial charge in [0.15, 0.2) is 0 Å². The summed E-state index contributed by atoms with van der Waals surface area (Å²) in [6, 6.07) is 10.8. The third-order valence-electron chi connectivity index (χ3n) is 3.74. The van der Waals surface area contributed by atoms with Gasteiger partial charge in [-0.1, -0.05) is 43.2 Å². The van der Waals surface area contributed by atoms with Crippen LogP contribution in [0.15, 0.2) is 30.3 Å². The van der Waals surface area contributed by atoms with Crippen molar-refractivity contribution in [3.63, 3.8) is 0 Å². The average Bonchev–Trinajstić information content (AvgIpc) is 2.74. The molecule has 0 aromatic heterocycles. The number of hydrogen-bond acceptors (Lipinski definition) is 1. The average molecular weight is 217 g/mol. The summed E-state index contributed by atoms with van der Waals surface area (Å²) in [6.07, 6.45) is 7.98. The van der Waals surface area contributed by atoms with Gasteiger partial charge in [0.05, 0.1) is 0 Å². The van der Waals surface area contributed by atoms with E-state index in [4.69, 9.17) is 0 Å². The Morgan fingerprint density at radius 1 is 1.12 bits per heavy atom. The molecule has 1 saturated carbocycles. The maximum Gasteiger partial charge on any atom is 0.0153 e. The summed E-state index contributed by atoms with van der Waals surface area (Å²) in [6.45, 7) is 3.54. The van der Waals surface area contributed by atoms with Crippen molar-refractivity contribution < 1.29 is 0 Å². The topological polar surface area (TPSA) is 12.0 Å². The first-order valence-corrected chi connectivity index (χ1v) is 6.57. The lowest BCUT2D eigenvalue weighted by Crippen LogP contribution is -2.40. The predicted octanol–water partition coefficient (Wildman–Crippen LogP) is 3.54. The Morgan fingerprint density at radius 3 is 2.50 bits per heavy atom. The monoisotopic (exact) mass is 217 g/mol. The zero-order chi connectivity index (χ0) is 11.3. The molecule has 0 amide bonds. The number of rotatable bonds is 5. The molecule has 0 atom stereocenters. The third kappa shape index (κ3) is 3.34. The van der Waals surface area contributed by atoms with Crippen molar-refractivity contribution >= 4 is 0 Å². The van der Waals surface area contributed by atoms with Gasteiger partial charge in [-0.15, -0.1) is 0 Å². The maximum atomic E-state index is 3.73. The molecule has 0 unspecified atom stereocenters. The van der Waals surface area contributed by atoms with Crippen molar-refractivity contribution in [2.45, 2.75) is 51.0 Å². The van der Waals surface area contributed by atoms with Crippen molar-refractivity contribution in [3.8, 4) is 0 Å². The van der Waals surface area contributed by atoms with Crippen LogP contribution >= 0.6 is 0 Å². The van der Waals surface area contributed by atoms with Gasteiger partial charge in [-0.2, -0.15) is 0 Å². The summed E-state index contributed by atoms with van der Waals surface area (Å²) in [5.41, 5.74) is 1.90. The lowest BCUT2D eigenvalue weighted by atomic mass is 10.0. The molecule has 1 aromatic rings. The van der Waals surface area contributed by atoms with Gasteiger partial charge >= 0.3 is 0 Å². The number of nitrogens with one attached hydrogen (secondary N) is 1. The fraction of sp³-hybridized carbons (Fsp3) is 0.600. The van der Waals surface area contributed by atoms with Crippen LogP contribution in [-0.2, 0) is 6.42 Å². The molecular weight excluding hydrogens is 194 g/mol. The Hall–Kier alpha value is -0.820. The molecule has 0 spiro atoms. The van der Waals surface area contributed by atoms with E-state index in [-0.39, 0.29) is 0 Å². The molecule has 1 nitrogen and oxygen atoms in total. The SMILES string of the molecule is CC1(NCCCc2ccccc2)CCCC1. The zero-order valence-corrected chi connectivity index (χ0v) is 10.3. The lowest BCUT2D eigenvalue weighted by molar-refractivity contribution is 0.363. The van der Waals surface area contributed by atoms with E-state index in [9.17, 15) is 0 Å². The van der Waals surface area contributed by atoms with Crippen LogP contribution in [0.25, 0.3) is 0 Å². The molecule has 0 radical (unpaired) electrons. The van der Waals surface area contributed by atoms with Crippen molar-refractivity contribution in [1.82, 2.24) is 5.32 Å². The second kappa shape index (κ2) is 5.49. The Morgan fingerprint density at radius 2 is 1.81 bits per heavy atom. The number of aryl methyl sites for hydroxylation is 1. The molecule has 2 rings (SSSR count). The van der Waals surface area contributed by atoms with Crippen LogP contribution in [-0.4, -0.2) is 12.1 Å². The quantitative estimate of drug-likeness (QED) is 0.744. The van der Waals surface area contributed by atoms with E-state index in [0.717, 1.165) is 6.54 Å². The normalized spacial score (nSPS) is 18.8. The van der Waals surface area contributed by atoms with Crippen LogP contribution < -0.4 is 5.32 Å². The fourth-order valence-electron chi connectivity index (χ4n) is 2.66. The van der Waals surface area contributed by atoms with E-state index in [0.29, 0.717) is 5.54 Å². The van der Waals surface area contributed by atoms with Crippen molar-refractivity contribution in [1.29, 1.82) is 0 Å². The smallest absolute Gasteiger partial charge is 0.0153 e. The standard InChI is InChI=1S/C15H23N/c1-15(11-5-6-12-15)16-13-7-10-14-8-3-2-4-9-14/h2-4,8-9,16H,5-7,10-13H2,1H3. The Labute approximate surface area is 99.3 Å². The number of benzene rings is 1. The molecule has 0 aliphatic heterocycles. The highest BCUT2D eigenvalue weighted by molar-refractivity contribution is 5.14. The number of hydrogen-bond donors (Lipinski definition) is 1. The third-order valence-corrected chi connectivity index (χ3v) is 3.74. The largest absolute Gasteiger partial charge is 0.312 e. The Bertz CT molecular complexity index is 298. The summed E-state index contributed by atoms with van der Waals surface area (Å²) in [7, 11) is 0. The van der Waals surface area contributed by atoms with Gasteiger partial charge in [0, 0.05) is 5.54 Å². The molecule has 0 bridgehead atoms. The summed E-state index contributed by atoms with van der Waals surface area (Å²) in [5.74, 6) is 0. The lowest BCUT2D eigenvalue weighted by Gasteiger charge is -2.25. The molecule has 1 heteroatoms. The van der Waals surface area contributed by atoms with E-state index >= 15 is 0 Å². The first-order valence-electron chi connectivity index (χ1n) is 6.57. The van der Waals surface area contributed by atoms with Crippen LogP contribution in [0.4, 0.5) is 0 Å². The molecule has 1 aliphatic rings. The minimum absolute atomic E-state index is 0.441. The van der Waals surface area contributed by atoms with Crippen molar-refractivity contribution in [2.24, 2.45) is 0 Å². The summed E-state index contributed by atoms with van der Waals surface area (Å²) >= 11 is 0. The second-order valence-corrected chi connectivity index (χ2v) is 5.28. The van der Waals surface area contributed by atoms with E-state index < -0.39 is 0 Å². The molecule has 88 valence electrons. The van der Waals surface area contributed by atoms with E-state index in [1.807, 2.05) is 0 Å². The van der Waals surface area contributed by atoms with Gasteiger partial charge in [-0.05, 0) is 44.7 Å². The zero-order valence-electron chi connectivity index (χ0n) is 10.3. The van der Waals surface area contributed by atoms with Crippen LogP contribution in [0, 0.1) is 0 Å². The molecule has 1 fully saturated rings. The summed E-state index contributed by atoms with van der Waals surface area (Å²) in [4.78, 5) is 0. The van der Waals surface area contributed by atoms with Gasteiger partial charge in [-0.3, -0.25) is 0 Å². The van der Waals surface area contributed by atoms with Gasteiger partial charge in [-0.25, -0.2) is 0 Å². The second-order valence-electron chi connectivity index (χ2n) is 5.28. The van der Waals surface area contributed by atoms with E-state index in [1.54, 1.807) is 0 Å². The Kier molecular flexibility index (Phi) is 4.00. The molecule has 1 aromatic carbocycles. The van der Waals surface area contributed by atoms with Crippen LogP contribution in [0.2, 0.25) is 0 Å². The molecule has 1 aliphatic carbocycles. The van der Waals surface area contributed by atoms with Crippen LogP contribution in [0.3, 0.4) is 0 Å². The van der Waals surface area contributed by atoms with E-state index in [1.165, 1.54) is 44.1 Å². The molecule has 0 saturated heterocycles. The van der Waals surface area contributed by atoms with Gasteiger partial charge in [0.25, 0.3) is 0 Å². The minimum atomic E-state index is 0.441. The van der Waals surface area contributed by atoms with E-state index in [2.05, 4.69) is 42.6 Å². The molecule has 0 heterocycles. The highest BCUT2D eigenvalue weighted by atomic mass is 15.0. The minimum Gasteiger partial charge on any atom is -0.312 e. The maximum absolute atomic E-state index is 3.73. The van der Waals surface area contributed by atoms with Crippen molar-refractivity contribution in [3.05, 3.63) is 35.9 Å². The first-order chi connectivity index (χ1) is 7.79. The predicted molar refractivity (Wildman–Crippen MR) is 69.6 cm³/mol. The van der Waals surface area contributed by atoms with Gasteiger partial charge < -0.3 is 5.32 Å². The summed E-state index contributed by atoms with van der Waals surface area (Å²) in [5, 5.41) is 3.73. The van der Waals surface area contributed by atoms with Gasteiger partial charge in [0.2, 0.25) is 0 Å². The van der Waals surface area contributed by atoms with Gasteiger partial charge in [0.1, 0.15) is 0 Å². The highest BCUT2D eigenvalue weighted by Crippen LogP contribution is 2.28. The van der Waals surface area contributed by atoms with Crippen molar-refractivity contribution in [2.75, 3.05) is 6.54 Å². The molecule has 16 heavy (non-hydrogen) atoms. The molecular formula is C15H23N. The highest BCUT2D eigenvalue weighted by Gasteiger charge is 2.27. The van der Waals surface area contributed by atoms with Crippen LogP contribution in [0.5, 0.6) is 0 Å². The first kappa shape index (κ1) is 11.7. The molecule has 1 N–H and O–H groups in total. The fourth-order valence-corrected chi connectivity index (χ4v) is 2.66. The van der Waals surface area contributed by atoms with Crippen LogP contribution in [0.1, 0.15) is 44.6 Å². The Balaban J connectivity index is 1.65.